The fraction of sp³-hybridized carbons (Fsp3) is 0.211. The van der Waals surface area contributed by atoms with Crippen LogP contribution in [0.25, 0.3) is 0 Å². The van der Waals surface area contributed by atoms with Crippen molar-refractivity contribution in [3.8, 4) is 0 Å². The molecule has 0 fully saturated rings. The van der Waals surface area contributed by atoms with Gasteiger partial charge in [-0.15, -0.1) is 11.8 Å². The fourth-order valence-electron chi connectivity index (χ4n) is 2.13. The number of hydrogen-bond donors (Lipinski definition) is 1. The topological polar surface area (TPSA) is 66.5 Å². The smallest absolute Gasteiger partial charge is 0.243 e. The van der Waals surface area contributed by atoms with Crippen molar-refractivity contribution in [3.63, 3.8) is 0 Å². The second kappa shape index (κ2) is 10.3. The molecule has 0 aliphatic heterocycles. The van der Waals surface area contributed by atoms with Crippen LogP contribution in [0, 0.1) is 0 Å². The SMILES string of the molecule is CN(CC(=O)Nc1ccc(Cl)c(Cl)c1)C(=O)CSCC(=O)c1ccccc1. The van der Waals surface area contributed by atoms with Crippen molar-refractivity contribution in [3.05, 3.63) is 64.1 Å². The van der Waals surface area contributed by atoms with Gasteiger partial charge in [-0.1, -0.05) is 53.5 Å². The molecule has 8 heteroatoms. The number of Topliss-reactive ketones (excluding diaryl/α,β-unsaturated/α-hetero) is 1. The number of carbonyl (C=O) groups is 3. The Morgan fingerprint density at radius 3 is 2.37 bits per heavy atom. The molecule has 2 rings (SSSR count). The summed E-state index contributed by atoms with van der Waals surface area (Å²) < 4.78 is 0. The van der Waals surface area contributed by atoms with Crippen molar-refractivity contribution in [2.75, 3.05) is 30.4 Å². The molecule has 0 bridgehead atoms. The quantitative estimate of drug-likeness (QED) is 0.650. The summed E-state index contributed by atoms with van der Waals surface area (Å²) in [6.45, 7) is -0.105. The molecule has 5 nitrogen and oxygen atoms in total. The summed E-state index contributed by atoms with van der Waals surface area (Å²) in [5.74, 6) is -0.290. The summed E-state index contributed by atoms with van der Waals surface area (Å²) in [6.07, 6.45) is 0. The molecule has 0 atom stereocenters. The zero-order valence-corrected chi connectivity index (χ0v) is 16.9. The zero-order chi connectivity index (χ0) is 19.8. The van der Waals surface area contributed by atoms with Crippen LogP contribution in [-0.4, -0.2) is 47.6 Å². The number of anilines is 1. The van der Waals surface area contributed by atoms with Crippen LogP contribution in [0.4, 0.5) is 5.69 Å². The van der Waals surface area contributed by atoms with Crippen molar-refractivity contribution in [2.24, 2.45) is 0 Å². The summed E-state index contributed by atoms with van der Waals surface area (Å²) in [5, 5.41) is 3.38. The maximum Gasteiger partial charge on any atom is 0.243 e. The highest BCUT2D eigenvalue weighted by atomic mass is 35.5. The van der Waals surface area contributed by atoms with Crippen molar-refractivity contribution in [1.29, 1.82) is 0 Å². The third kappa shape index (κ3) is 6.90. The van der Waals surface area contributed by atoms with Crippen LogP contribution < -0.4 is 5.32 Å². The number of likely N-dealkylation sites (N-methyl/N-ethyl adjacent to an activating group) is 1. The molecule has 0 radical (unpaired) electrons. The Hall–Kier alpha value is -2.02. The van der Waals surface area contributed by atoms with E-state index in [-0.39, 0.29) is 35.6 Å². The van der Waals surface area contributed by atoms with Gasteiger partial charge in [-0.25, -0.2) is 0 Å². The Balaban J connectivity index is 1.75. The Kier molecular flexibility index (Phi) is 8.16. The van der Waals surface area contributed by atoms with Gasteiger partial charge in [0.25, 0.3) is 0 Å². The number of nitrogens with one attached hydrogen (secondary N) is 1. The van der Waals surface area contributed by atoms with E-state index in [1.54, 1.807) is 36.4 Å². The number of amides is 2. The van der Waals surface area contributed by atoms with Crippen molar-refractivity contribution in [1.82, 2.24) is 4.90 Å². The minimum atomic E-state index is -0.352. The molecule has 0 saturated heterocycles. The number of benzene rings is 2. The second-order valence-corrected chi connectivity index (χ2v) is 7.51. The molecule has 1 N–H and O–H groups in total. The van der Waals surface area contributed by atoms with Gasteiger partial charge in [0.15, 0.2) is 5.78 Å². The maximum atomic E-state index is 12.1. The average Bonchev–Trinajstić information content (AvgIpc) is 2.65. The number of rotatable bonds is 8. The Labute approximate surface area is 172 Å². The lowest BCUT2D eigenvalue weighted by Gasteiger charge is -2.16. The molecule has 0 spiro atoms. The monoisotopic (exact) mass is 424 g/mol. The third-order valence-corrected chi connectivity index (χ3v) is 5.22. The van der Waals surface area contributed by atoms with E-state index < -0.39 is 0 Å². The molecule has 0 aliphatic rings. The van der Waals surface area contributed by atoms with Crippen molar-refractivity contribution >= 4 is 58.2 Å². The molecular weight excluding hydrogens is 407 g/mol. The highest BCUT2D eigenvalue weighted by Gasteiger charge is 2.14. The number of ketones is 1. The Morgan fingerprint density at radius 2 is 1.70 bits per heavy atom. The number of hydrogen-bond acceptors (Lipinski definition) is 4. The van der Waals surface area contributed by atoms with Crippen LogP contribution in [0.15, 0.2) is 48.5 Å². The molecule has 27 heavy (non-hydrogen) atoms. The van der Waals surface area contributed by atoms with Gasteiger partial charge in [0.2, 0.25) is 11.8 Å². The van der Waals surface area contributed by atoms with Gasteiger partial charge in [0.1, 0.15) is 0 Å². The van der Waals surface area contributed by atoms with E-state index in [0.717, 1.165) is 0 Å². The molecule has 2 aromatic carbocycles. The first-order valence-corrected chi connectivity index (χ1v) is 9.92. The molecule has 142 valence electrons. The van der Waals surface area contributed by atoms with E-state index in [0.29, 0.717) is 21.3 Å². The number of carbonyl (C=O) groups excluding carboxylic acids is 3. The summed E-state index contributed by atoms with van der Waals surface area (Å²) in [5.41, 5.74) is 1.12. The molecule has 0 aliphatic carbocycles. The van der Waals surface area contributed by atoms with Gasteiger partial charge < -0.3 is 10.2 Å². The number of nitrogens with zero attached hydrogens (tertiary/aromatic N) is 1. The molecule has 0 aromatic heterocycles. The Morgan fingerprint density at radius 1 is 1.00 bits per heavy atom. The first-order valence-electron chi connectivity index (χ1n) is 8.01. The first-order chi connectivity index (χ1) is 12.9. The standard InChI is InChI=1S/C19H18Cl2N2O3S/c1-23(10-18(25)22-14-7-8-15(20)16(21)9-14)19(26)12-27-11-17(24)13-5-3-2-4-6-13/h2-9H,10-12H2,1H3,(H,22,25). The molecular formula is C19H18Cl2N2O3S. The van der Waals surface area contributed by atoms with Crippen LogP contribution in [-0.2, 0) is 9.59 Å². The second-order valence-electron chi connectivity index (χ2n) is 5.71. The summed E-state index contributed by atoms with van der Waals surface area (Å²) in [4.78, 5) is 37.5. The van der Waals surface area contributed by atoms with E-state index in [1.807, 2.05) is 6.07 Å². The maximum absolute atomic E-state index is 12.1. The predicted molar refractivity (Wildman–Crippen MR) is 111 cm³/mol. The van der Waals surface area contributed by atoms with E-state index in [9.17, 15) is 14.4 Å². The van der Waals surface area contributed by atoms with Gasteiger partial charge in [0.05, 0.1) is 28.1 Å². The Bertz CT molecular complexity index is 831. The van der Waals surface area contributed by atoms with Gasteiger partial charge in [-0.2, -0.15) is 0 Å². The summed E-state index contributed by atoms with van der Waals surface area (Å²) >= 11 is 13.0. The number of thioether (sulfide) groups is 1. The molecule has 2 aromatic rings. The van der Waals surface area contributed by atoms with Crippen LogP contribution >= 0.6 is 35.0 Å². The molecule has 2 amide bonds. The van der Waals surface area contributed by atoms with Crippen molar-refractivity contribution < 1.29 is 14.4 Å². The van der Waals surface area contributed by atoms with E-state index in [2.05, 4.69) is 5.32 Å². The van der Waals surface area contributed by atoms with Gasteiger partial charge in [0, 0.05) is 18.3 Å². The normalized spacial score (nSPS) is 10.3. The van der Waals surface area contributed by atoms with Crippen LogP contribution in [0.1, 0.15) is 10.4 Å². The molecule has 0 saturated carbocycles. The molecule has 0 unspecified atom stereocenters. The van der Waals surface area contributed by atoms with Crippen LogP contribution in [0.2, 0.25) is 10.0 Å². The minimum Gasteiger partial charge on any atom is -0.336 e. The van der Waals surface area contributed by atoms with Gasteiger partial charge >= 0.3 is 0 Å². The highest BCUT2D eigenvalue weighted by Crippen LogP contribution is 2.24. The lowest BCUT2D eigenvalue weighted by molar-refractivity contribution is -0.131. The van der Waals surface area contributed by atoms with Crippen molar-refractivity contribution in [2.45, 2.75) is 0 Å². The predicted octanol–water partition coefficient (Wildman–Crippen LogP) is 4.01. The van der Waals surface area contributed by atoms with Gasteiger partial charge in [-0.3, -0.25) is 14.4 Å². The lowest BCUT2D eigenvalue weighted by Crippen LogP contribution is -2.36. The first kappa shape index (κ1) is 21.3. The third-order valence-electron chi connectivity index (χ3n) is 3.56. The van der Waals surface area contributed by atoms with E-state index >= 15 is 0 Å². The zero-order valence-electron chi connectivity index (χ0n) is 14.6. The lowest BCUT2D eigenvalue weighted by atomic mass is 10.2. The minimum absolute atomic E-state index is 0.0339. The van der Waals surface area contributed by atoms with Crippen LogP contribution in [0.3, 0.4) is 0 Å². The highest BCUT2D eigenvalue weighted by molar-refractivity contribution is 8.00. The van der Waals surface area contributed by atoms with Gasteiger partial charge in [-0.05, 0) is 18.2 Å². The molecule has 0 heterocycles. The summed E-state index contributed by atoms with van der Waals surface area (Å²) in [6, 6.07) is 13.6. The van der Waals surface area contributed by atoms with Crippen LogP contribution in [0.5, 0.6) is 0 Å². The fourth-order valence-corrected chi connectivity index (χ4v) is 3.27. The largest absolute Gasteiger partial charge is 0.336 e. The average molecular weight is 425 g/mol. The van der Waals surface area contributed by atoms with E-state index in [1.165, 1.54) is 29.8 Å². The van der Waals surface area contributed by atoms with E-state index in [4.69, 9.17) is 23.2 Å². The number of halogens is 2. The summed E-state index contributed by atoms with van der Waals surface area (Å²) in [7, 11) is 1.54.